The largest absolute Gasteiger partial charge is 0.369 e. The van der Waals surface area contributed by atoms with Gasteiger partial charge in [-0.2, -0.15) is 0 Å². The molecule has 14 heavy (non-hydrogen) atoms. The van der Waals surface area contributed by atoms with Crippen molar-refractivity contribution >= 4 is 12.3 Å². The van der Waals surface area contributed by atoms with Crippen molar-refractivity contribution in [2.24, 2.45) is 5.73 Å². The second-order valence-corrected chi connectivity index (χ2v) is 2.89. The first-order chi connectivity index (χ1) is 6.75. The zero-order valence-corrected chi connectivity index (χ0v) is 7.64. The Balaban J connectivity index is 2.78. The summed E-state index contributed by atoms with van der Waals surface area (Å²) >= 11 is 0. The van der Waals surface area contributed by atoms with Crippen LogP contribution in [0.3, 0.4) is 0 Å². The van der Waals surface area contributed by atoms with Gasteiger partial charge < -0.3 is 11.1 Å². The Labute approximate surface area is 82.1 Å². The highest BCUT2D eigenvalue weighted by molar-refractivity contribution is 5.82. The SMILES string of the molecule is NC(=O)C(CNC=O)c1ccccc1. The lowest BCUT2D eigenvalue weighted by Crippen LogP contribution is -2.30. The average Bonchev–Trinajstić information content (AvgIpc) is 2.19. The van der Waals surface area contributed by atoms with Gasteiger partial charge >= 0.3 is 0 Å². The molecule has 74 valence electrons. The number of benzene rings is 1. The van der Waals surface area contributed by atoms with Crippen molar-refractivity contribution in [1.29, 1.82) is 0 Å². The maximum atomic E-state index is 11.1. The van der Waals surface area contributed by atoms with E-state index in [0.29, 0.717) is 6.41 Å². The van der Waals surface area contributed by atoms with Gasteiger partial charge in [-0.3, -0.25) is 9.59 Å². The molecule has 2 amide bonds. The summed E-state index contributed by atoms with van der Waals surface area (Å²) in [5.74, 6) is -0.896. The van der Waals surface area contributed by atoms with E-state index in [2.05, 4.69) is 5.32 Å². The Morgan fingerprint density at radius 3 is 2.57 bits per heavy atom. The first-order valence-electron chi connectivity index (χ1n) is 4.27. The first-order valence-corrected chi connectivity index (χ1v) is 4.27. The molecule has 0 aromatic heterocycles. The van der Waals surface area contributed by atoms with Crippen LogP contribution in [-0.2, 0) is 9.59 Å². The van der Waals surface area contributed by atoms with Crippen LogP contribution in [0.4, 0.5) is 0 Å². The van der Waals surface area contributed by atoms with E-state index >= 15 is 0 Å². The quantitative estimate of drug-likeness (QED) is 0.644. The first kappa shape index (κ1) is 10.2. The molecular formula is C10H12N2O2. The van der Waals surface area contributed by atoms with Crippen LogP contribution >= 0.6 is 0 Å². The van der Waals surface area contributed by atoms with Gasteiger partial charge in [0.05, 0.1) is 5.92 Å². The van der Waals surface area contributed by atoms with Crippen LogP contribution in [0.25, 0.3) is 0 Å². The number of hydrogen-bond acceptors (Lipinski definition) is 2. The number of rotatable bonds is 5. The highest BCUT2D eigenvalue weighted by Crippen LogP contribution is 2.13. The normalized spacial score (nSPS) is 11.7. The maximum absolute atomic E-state index is 11.1. The molecule has 3 N–H and O–H groups in total. The van der Waals surface area contributed by atoms with Crippen LogP contribution in [0.5, 0.6) is 0 Å². The molecule has 0 spiro atoms. The molecular weight excluding hydrogens is 180 g/mol. The minimum absolute atomic E-state index is 0.239. The Morgan fingerprint density at radius 2 is 2.07 bits per heavy atom. The summed E-state index contributed by atoms with van der Waals surface area (Å²) in [7, 11) is 0. The van der Waals surface area contributed by atoms with E-state index < -0.39 is 11.8 Å². The van der Waals surface area contributed by atoms with Gasteiger partial charge in [-0.1, -0.05) is 30.3 Å². The van der Waals surface area contributed by atoms with Crippen LogP contribution < -0.4 is 11.1 Å². The molecule has 4 nitrogen and oxygen atoms in total. The molecule has 4 heteroatoms. The summed E-state index contributed by atoms with van der Waals surface area (Å²) in [6.07, 6.45) is 0.554. The standard InChI is InChI=1S/C10H12N2O2/c11-10(14)9(6-12-7-13)8-4-2-1-3-5-8/h1-5,7,9H,6H2,(H2,11,14)(H,12,13). The summed E-state index contributed by atoms with van der Waals surface area (Å²) in [5, 5.41) is 2.45. The van der Waals surface area contributed by atoms with E-state index in [-0.39, 0.29) is 6.54 Å². The van der Waals surface area contributed by atoms with Gasteiger partial charge in [0.25, 0.3) is 0 Å². The van der Waals surface area contributed by atoms with Crippen molar-refractivity contribution in [1.82, 2.24) is 5.32 Å². The van der Waals surface area contributed by atoms with E-state index in [1.165, 1.54) is 0 Å². The predicted octanol–water partition coefficient (Wildman–Crippen LogP) is 0.00150. The minimum Gasteiger partial charge on any atom is -0.369 e. The monoisotopic (exact) mass is 192 g/mol. The van der Waals surface area contributed by atoms with Crippen molar-refractivity contribution in [2.75, 3.05) is 6.54 Å². The fourth-order valence-electron chi connectivity index (χ4n) is 1.23. The number of amides is 2. The second-order valence-electron chi connectivity index (χ2n) is 2.89. The molecule has 1 aromatic carbocycles. The molecule has 0 aliphatic carbocycles. The van der Waals surface area contributed by atoms with E-state index in [4.69, 9.17) is 5.73 Å². The lowest BCUT2D eigenvalue weighted by Gasteiger charge is -2.12. The average molecular weight is 192 g/mol. The smallest absolute Gasteiger partial charge is 0.226 e. The van der Waals surface area contributed by atoms with Crippen molar-refractivity contribution in [3.05, 3.63) is 35.9 Å². The highest BCUT2D eigenvalue weighted by atomic mass is 16.1. The summed E-state index contributed by atoms with van der Waals surface area (Å²) in [4.78, 5) is 21.2. The van der Waals surface area contributed by atoms with Crippen LogP contribution in [0.1, 0.15) is 11.5 Å². The van der Waals surface area contributed by atoms with Crippen molar-refractivity contribution in [3.63, 3.8) is 0 Å². The van der Waals surface area contributed by atoms with Gasteiger partial charge in [-0.25, -0.2) is 0 Å². The van der Waals surface area contributed by atoms with Gasteiger partial charge in [-0.05, 0) is 5.56 Å². The Kier molecular flexibility index (Phi) is 3.67. The minimum atomic E-state index is -0.457. The van der Waals surface area contributed by atoms with Gasteiger partial charge in [0.15, 0.2) is 0 Å². The molecule has 1 unspecified atom stereocenters. The van der Waals surface area contributed by atoms with Crippen molar-refractivity contribution < 1.29 is 9.59 Å². The molecule has 0 radical (unpaired) electrons. The van der Waals surface area contributed by atoms with Crippen LogP contribution in [0.2, 0.25) is 0 Å². The van der Waals surface area contributed by atoms with E-state index in [9.17, 15) is 9.59 Å². The summed E-state index contributed by atoms with van der Waals surface area (Å²) in [6, 6.07) is 9.12. The third-order valence-corrected chi connectivity index (χ3v) is 1.95. The number of nitrogens with one attached hydrogen (secondary N) is 1. The molecule has 1 atom stereocenters. The topological polar surface area (TPSA) is 72.2 Å². The van der Waals surface area contributed by atoms with E-state index in [1.807, 2.05) is 30.3 Å². The zero-order valence-electron chi connectivity index (χ0n) is 7.64. The number of primary amides is 1. The molecule has 0 heterocycles. The second kappa shape index (κ2) is 5.01. The van der Waals surface area contributed by atoms with Crippen molar-refractivity contribution in [2.45, 2.75) is 5.92 Å². The maximum Gasteiger partial charge on any atom is 0.226 e. The van der Waals surface area contributed by atoms with Crippen LogP contribution in [-0.4, -0.2) is 18.9 Å². The number of hydrogen-bond donors (Lipinski definition) is 2. The van der Waals surface area contributed by atoms with Crippen molar-refractivity contribution in [3.8, 4) is 0 Å². The lowest BCUT2D eigenvalue weighted by atomic mass is 9.99. The molecule has 1 rings (SSSR count). The number of carbonyl (C=O) groups is 2. The number of nitrogens with two attached hydrogens (primary N) is 1. The molecule has 0 aliphatic heterocycles. The third kappa shape index (κ3) is 2.58. The number of carbonyl (C=O) groups excluding carboxylic acids is 2. The Morgan fingerprint density at radius 1 is 1.43 bits per heavy atom. The van der Waals surface area contributed by atoms with E-state index in [0.717, 1.165) is 5.56 Å². The third-order valence-electron chi connectivity index (χ3n) is 1.95. The summed E-state index contributed by atoms with van der Waals surface area (Å²) in [5.41, 5.74) is 6.03. The molecule has 0 saturated carbocycles. The predicted molar refractivity (Wildman–Crippen MR) is 52.4 cm³/mol. The summed E-state index contributed by atoms with van der Waals surface area (Å²) in [6.45, 7) is 0.239. The molecule has 1 aromatic rings. The van der Waals surface area contributed by atoms with Gasteiger partial charge in [-0.15, -0.1) is 0 Å². The van der Waals surface area contributed by atoms with Crippen LogP contribution in [0, 0.1) is 0 Å². The van der Waals surface area contributed by atoms with Gasteiger partial charge in [0, 0.05) is 6.54 Å². The van der Waals surface area contributed by atoms with E-state index in [1.54, 1.807) is 0 Å². The van der Waals surface area contributed by atoms with Gasteiger partial charge in [0.1, 0.15) is 0 Å². The molecule has 0 bridgehead atoms. The highest BCUT2D eigenvalue weighted by Gasteiger charge is 2.16. The van der Waals surface area contributed by atoms with Gasteiger partial charge in [0.2, 0.25) is 12.3 Å². The fourth-order valence-corrected chi connectivity index (χ4v) is 1.23. The lowest BCUT2D eigenvalue weighted by molar-refractivity contribution is -0.119. The molecule has 0 saturated heterocycles. The van der Waals surface area contributed by atoms with Crippen LogP contribution in [0.15, 0.2) is 30.3 Å². The summed E-state index contributed by atoms with van der Waals surface area (Å²) < 4.78 is 0. The Hall–Kier alpha value is -1.84. The fraction of sp³-hybridized carbons (Fsp3) is 0.200. The molecule has 0 fully saturated rings. The molecule has 0 aliphatic rings. The Bertz CT molecular complexity index is 311. The zero-order chi connectivity index (χ0) is 10.4.